The highest BCUT2D eigenvalue weighted by Crippen LogP contribution is 2.20. The van der Waals surface area contributed by atoms with Gasteiger partial charge in [-0.15, -0.1) is 0 Å². The van der Waals surface area contributed by atoms with E-state index in [4.69, 9.17) is 11.5 Å². The van der Waals surface area contributed by atoms with Crippen molar-refractivity contribution in [2.24, 2.45) is 17.4 Å². The number of phenolic OH excluding ortho intramolecular Hbond substituents is 1. The molecule has 1 aromatic carbocycles. The lowest BCUT2D eigenvalue weighted by Gasteiger charge is -2.29. The molecule has 2 rings (SSSR count). The Hall–Kier alpha value is -4.77. The Morgan fingerprint density at radius 1 is 0.843 bits per heavy atom. The Kier molecular flexibility index (Phi) is 17.3. The first-order chi connectivity index (χ1) is 24.1. The quantitative estimate of drug-likeness (QED) is 0.0716. The van der Waals surface area contributed by atoms with Crippen molar-refractivity contribution in [3.8, 4) is 5.75 Å². The van der Waals surface area contributed by atoms with Gasteiger partial charge in [-0.3, -0.25) is 28.8 Å². The molecule has 0 radical (unpaired) electrons. The van der Waals surface area contributed by atoms with E-state index in [1.54, 1.807) is 19.1 Å². The van der Waals surface area contributed by atoms with E-state index in [2.05, 4.69) is 21.3 Å². The lowest BCUT2D eigenvalue weighted by Crippen LogP contribution is -2.59. The highest BCUT2D eigenvalue weighted by Gasteiger charge is 2.38. The van der Waals surface area contributed by atoms with E-state index in [9.17, 15) is 48.9 Å². The van der Waals surface area contributed by atoms with Crippen LogP contribution in [0.1, 0.15) is 77.7 Å². The van der Waals surface area contributed by atoms with Gasteiger partial charge in [-0.05, 0) is 75.6 Å². The third-order valence-corrected chi connectivity index (χ3v) is 8.98. The monoisotopic (exact) mass is 719 g/mol. The molecule has 1 aliphatic heterocycles. The third kappa shape index (κ3) is 13.5. The lowest BCUT2D eigenvalue weighted by molar-refractivity contribution is -0.149. The number of nitrogens with two attached hydrogens (primary N) is 2. The van der Waals surface area contributed by atoms with E-state index in [0.29, 0.717) is 37.8 Å². The summed E-state index contributed by atoms with van der Waals surface area (Å²) in [6.45, 7) is 5.51. The maximum Gasteiger partial charge on any atom is 0.326 e. The zero-order chi connectivity index (χ0) is 38.2. The van der Waals surface area contributed by atoms with Gasteiger partial charge in [0.05, 0.1) is 6.04 Å². The van der Waals surface area contributed by atoms with Crippen LogP contribution in [0.15, 0.2) is 24.3 Å². The molecule has 1 saturated heterocycles. The predicted octanol–water partition coefficient (Wildman–Crippen LogP) is -0.663. The van der Waals surface area contributed by atoms with E-state index < -0.39 is 84.1 Å². The van der Waals surface area contributed by atoms with Crippen molar-refractivity contribution >= 4 is 41.5 Å². The maximum atomic E-state index is 13.6. The van der Waals surface area contributed by atoms with Gasteiger partial charge in [-0.25, -0.2) is 4.79 Å². The van der Waals surface area contributed by atoms with Crippen molar-refractivity contribution in [1.29, 1.82) is 0 Å². The average Bonchev–Trinajstić information content (AvgIpc) is 3.59. The molecule has 5 amide bonds. The van der Waals surface area contributed by atoms with Gasteiger partial charge in [-0.1, -0.05) is 32.4 Å². The van der Waals surface area contributed by atoms with Gasteiger partial charge in [0.1, 0.15) is 36.0 Å². The van der Waals surface area contributed by atoms with Gasteiger partial charge in [0, 0.05) is 19.4 Å². The number of carboxylic acid groups (broad SMARTS) is 2. The lowest BCUT2D eigenvalue weighted by atomic mass is 9.98. The third-order valence-electron chi connectivity index (χ3n) is 8.98. The van der Waals surface area contributed by atoms with Crippen LogP contribution in [-0.2, 0) is 40.0 Å². The van der Waals surface area contributed by atoms with Gasteiger partial charge in [0.25, 0.3) is 0 Å². The number of phenols is 1. The number of rotatable bonds is 21. The number of amides is 5. The molecule has 17 heteroatoms. The van der Waals surface area contributed by atoms with Crippen LogP contribution in [0, 0.1) is 5.92 Å². The first-order valence-electron chi connectivity index (χ1n) is 17.3. The standard InChI is InChI=1S/C34H53N7O10/c1-4-19(2)28(36)32(48)39-23(8-5-6-16-35)31(47)38-24(14-15-27(43)44)30(46)37-20(3)29(45)40-25(18-21-10-12-22(42)13-11-21)33(49)41-17-7-9-26(41)34(50)51/h10-13,19-20,23-26,28,42H,4-9,14-18,35-36H2,1-3H3,(H,37,46)(H,38,47)(H,39,48)(H,40,45)(H,43,44)(H,50,51)/t19-,20-,23-,24-,25-,26-,28-/m0/s1. The molecule has 11 N–H and O–H groups in total. The minimum Gasteiger partial charge on any atom is -0.508 e. The second kappa shape index (κ2) is 20.8. The number of likely N-dealkylation sites (tertiary alicyclic amines) is 1. The van der Waals surface area contributed by atoms with E-state index in [0.717, 1.165) is 0 Å². The first-order valence-corrected chi connectivity index (χ1v) is 17.3. The van der Waals surface area contributed by atoms with Gasteiger partial charge in [0.2, 0.25) is 29.5 Å². The number of hydrogen-bond donors (Lipinski definition) is 9. The van der Waals surface area contributed by atoms with Crippen molar-refractivity contribution < 1.29 is 48.9 Å². The maximum absolute atomic E-state index is 13.6. The van der Waals surface area contributed by atoms with Gasteiger partial charge >= 0.3 is 11.9 Å². The van der Waals surface area contributed by atoms with E-state index >= 15 is 0 Å². The highest BCUT2D eigenvalue weighted by atomic mass is 16.4. The van der Waals surface area contributed by atoms with Crippen LogP contribution in [-0.4, -0.2) is 111 Å². The van der Waals surface area contributed by atoms with E-state index in [-0.39, 0.29) is 43.9 Å². The minimum absolute atomic E-state index is 0.0176. The minimum atomic E-state index is -1.42. The zero-order valence-electron chi connectivity index (χ0n) is 29.4. The largest absolute Gasteiger partial charge is 0.508 e. The number of unbranched alkanes of at least 4 members (excludes halogenated alkanes) is 1. The molecular weight excluding hydrogens is 666 g/mol. The average molecular weight is 720 g/mol. The van der Waals surface area contributed by atoms with Crippen molar-refractivity contribution in [2.45, 2.75) is 115 Å². The highest BCUT2D eigenvalue weighted by molar-refractivity contribution is 5.96. The molecule has 7 atom stereocenters. The second-order valence-electron chi connectivity index (χ2n) is 12.9. The van der Waals surface area contributed by atoms with E-state index in [1.807, 2.05) is 6.92 Å². The number of nitrogens with one attached hydrogen (secondary N) is 4. The van der Waals surface area contributed by atoms with Crippen LogP contribution in [0.5, 0.6) is 5.75 Å². The summed E-state index contributed by atoms with van der Waals surface area (Å²) in [4.78, 5) is 91.1. The SMILES string of the molecule is CC[C@H](C)[C@H](N)C(=O)N[C@@H](CCCCN)C(=O)N[C@@H](CCC(=O)O)C(=O)N[C@@H](C)C(=O)N[C@@H](Cc1ccc(O)cc1)C(=O)N1CCC[C@H]1C(=O)O. The summed E-state index contributed by atoms with van der Waals surface area (Å²) in [5.41, 5.74) is 12.2. The fraction of sp³-hybridized carbons (Fsp3) is 0.618. The molecular formula is C34H53N7O10. The Labute approximate surface area is 297 Å². The Morgan fingerprint density at radius 3 is 2.02 bits per heavy atom. The Morgan fingerprint density at radius 2 is 1.43 bits per heavy atom. The summed E-state index contributed by atoms with van der Waals surface area (Å²) in [5, 5.41) is 38.8. The number of carbonyl (C=O) groups excluding carboxylic acids is 5. The Bertz CT molecular complexity index is 1380. The molecule has 1 fully saturated rings. The Balaban J connectivity index is 2.23. The number of hydrogen-bond acceptors (Lipinski definition) is 10. The summed E-state index contributed by atoms with van der Waals surface area (Å²) >= 11 is 0. The molecule has 0 spiro atoms. The summed E-state index contributed by atoms with van der Waals surface area (Å²) in [6.07, 6.45) is 1.61. The fourth-order valence-corrected chi connectivity index (χ4v) is 5.58. The fourth-order valence-electron chi connectivity index (χ4n) is 5.58. The number of aromatic hydroxyl groups is 1. The smallest absolute Gasteiger partial charge is 0.326 e. The summed E-state index contributed by atoms with van der Waals surface area (Å²) < 4.78 is 0. The van der Waals surface area contributed by atoms with Crippen LogP contribution in [0.3, 0.4) is 0 Å². The first kappa shape index (κ1) is 42.4. The van der Waals surface area contributed by atoms with Gasteiger partial charge < -0.3 is 53.0 Å². The molecule has 1 aromatic rings. The van der Waals surface area contributed by atoms with Crippen LogP contribution in [0.25, 0.3) is 0 Å². The van der Waals surface area contributed by atoms with E-state index in [1.165, 1.54) is 24.0 Å². The molecule has 0 bridgehead atoms. The van der Waals surface area contributed by atoms with Crippen LogP contribution < -0.4 is 32.7 Å². The van der Waals surface area contributed by atoms with Crippen LogP contribution in [0.2, 0.25) is 0 Å². The molecule has 1 heterocycles. The zero-order valence-corrected chi connectivity index (χ0v) is 29.4. The molecule has 0 saturated carbocycles. The normalized spacial score (nSPS) is 17.6. The second-order valence-corrected chi connectivity index (χ2v) is 12.9. The van der Waals surface area contributed by atoms with Gasteiger partial charge in [-0.2, -0.15) is 0 Å². The van der Waals surface area contributed by atoms with Crippen LogP contribution >= 0.6 is 0 Å². The molecule has 0 aromatic heterocycles. The number of carboxylic acids is 2. The number of benzene rings is 1. The molecule has 284 valence electrons. The number of carbonyl (C=O) groups is 7. The number of aliphatic carboxylic acids is 2. The van der Waals surface area contributed by atoms with Crippen molar-refractivity contribution in [3.05, 3.63) is 29.8 Å². The molecule has 1 aliphatic rings. The van der Waals surface area contributed by atoms with Crippen LogP contribution in [0.4, 0.5) is 0 Å². The number of nitrogens with zero attached hydrogens (tertiary/aromatic N) is 1. The topological polar surface area (TPSA) is 284 Å². The molecule has 0 aliphatic carbocycles. The summed E-state index contributed by atoms with van der Waals surface area (Å²) in [6, 6.07) is -1.12. The van der Waals surface area contributed by atoms with Crippen molar-refractivity contribution in [2.75, 3.05) is 13.1 Å². The summed E-state index contributed by atoms with van der Waals surface area (Å²) in [5.74, 6) is -6.25. The van der Waals surface area contributed by atoms with Gasteiger partial charge in [0.15, 0.2) is 0 Å². The predicted molar refractivity (Wildman–Crippen MR) is 185 cm³/mol. The molecule has 51 heavy (non-hydrogen) atoms. The van der Waals surface area contributed by atoms with Crippen molar-refractivity contribution in [3.63, 3.8) is 0 Å². The summed E-state index contributed by atoms with van der Waals surface area (Å²) in [7, 11) is 0. The molecule has 0 unspecified atom stereocenters. The molecule has 17 nitrogen and oxygen atoms in total. The van der Waals surface area contributed by atoms with Crippen molar-refractivity contribution in [1.82, 2.24) is 26.2 Å².